The van der Waals surface area contributed by atoms with E-state index in [1.54, 1.807) is 0 Å². The van der Waals surface area contributed by atoms with Crippen molar-refractivity contribution in [2.24, 2.45) is 0 Å². The van der Waals surface area contributed by atoms with Crippen molar-refractivity contribution < 1.29 is 0 Å². The third kappa shape index (κ3) is 4.05. The van der Waals surface area contributed by atoms with Gasteiger partial charge in [0.2, 0.25) is 0 Å². The first-order valence-electron chi connectivity index (χ1n) is 7.84. The molecule has 1 aliphatic carbocycles. The number of hydrogen-bond acceptors (Lipinski definition) is 2. The average Bonchev–Trinajstić information content (AvgIpc) is 3.28. The second-order valence-electron chi connectivity index (χ2n) is 5.52. The summed E-state index contributed by atoms with van der Waals surface area (Å²) in [6.07, 6.45) is 3.90. The highest BCUT2D eigenvalue weighted by molar-refractivity contribution is 5.25. The van der Waals surface area contributed by atoms with Gasteiger partial charge < -0.3 is 5.32 Å². The lowest BCUT2D eigenvalue weighted by Crippen LogP contribution is -2.36. The largest absolute Gasteiger partial charge is 0.309 e. The Morgan fingerprint density at radius 3 is 2.32 bits per heavy atom. The minimum absolute atomic E-state index is 0.469. The van der Waals surface area contributed by atoms with E-state index in [1.807, 2.05) is 0 Å². The van der Waals surface area contributed by atoms with Crippen LogP contribution in [0.2, 0.25) is 0 Å². The van der Waals surface area contributed by atoms with E-state index in [0.29, 0.717) is 6.04 Å². The molecule has 106 valence electrons. The summed E-state index contributed by atoms with van der Waals surface area (Å²) < 4.78 is 0. The molecule has 1 atom stereocenters. The molecular weight excluding hydrogens is 232 g/mol. The van der Waals surface area contributed by atoms with E-state index < -0.39 is 0 Å². The molecule has 1 fully saturated rings. The highest BCUT2D eigenvalue weighted by atomic mass is 15.2. The molecule has 1 N–H and O–H groups in total. The van der Waals surface area contributed by atoms with Crippen molar-refractivity contribution in [1.29, 1.82) is 0 Å². The average molecular weight is 260 g/mol. The number of hydrogen-bond donors (Lipinski definition) is 1. The van der Waals surface area contributed by atoms with Gasteiger partial charge in [0.05, 0.1) is 0 Å². The minimum atomic E-state index is 0.469. The van der Waals surface area contributed by atoms with Crippen molar-refractivity contribution >= 4 is 0 Å². The van der Waals surface area contributed by atoms with E-state index >= 15 is 0 Å². The first kappa shape index (κ1) is 14.5. The highest BCUT2D eigenvalue weighted by Gasteiger charge is 2.29. The third-order valence-corrected chi connectivity index (χ3v) is 4.13. The number of aryl methyl sites for hydroxylation is 1. The number of rotatable bonds is 8. The van der Waals surface area contributed by atoms with Crippen LogP contribution in [0, 0.1) is 0 Å². The Hall–Kier alpha value is -0.860. The van der Waals surface area contributed by atoms with Gasteiger partial charge in [-0.1, -0.05) is 45.0 Å². The van der Waals surface area contributed by atoms with Gasteiger partial charge >= 0.3 is 0 Å². The SMILES string of the molecule is CCNC(CN(CC)C1CC1)c1ccc(CC)cc1. The number of likely N-dealkylation sites (N-methyl/N-ethyl adjacent to an activating group) is 2. The lowest BCUT2D eigenvalue weighted by atomic mass is 10.0. The van der Waals surface area contributed by atoms with Crippen LogP contribution < -0.4 is 5.32 Å². The van der Waals surface area contributed by atoms with Crippen LogP contribution in [-0.2, 0) is 6.42 Å². The predicted octanol–water partition coefficient (Wildman–Crippen LogP) is 3.38. The summed E-state index contributed by atoms with van der Waals surface area (Å²) in [6, 6.07) is 10.5. The van der Waals surface area contributed by atoms with Gasteiger partial charge in [-0.3, -0.25) is 4.90 Å². The summed E-state index contributed by atoms with van der Waals surface area (Å²) >= 11 is 0. The fourth-order valence-corrected chi connectivity index (χ4v) is 2.73. The van der Waals surface area contributed by atoms with Crippen LogP contribution in [0.3, 0.4) is 0 Å². The maximum Gasteiger partial charge on any atom is 0.0449 e. The summed E-state index contributed by atoms with van der Waals surface area (Å²) in [5, 5.41) is 3.64. The molecule has 0 radical (unpaired) electrons. The molecule has 1 aromatic carbocycles. The molecule has 2 heteroatoms. The van der Waals surface area contributed by atoms with E-state index in [1.165, 1.54) is 30.5 Å². The predicted molar refractivity (Wildman–Crippen MR) is 82.5 cm³/mol. The maximum atomic E-state index is 3.64. The summed E-state index contributed by atoms with van der Waals surface area (Å²) in [6.45, 7) is 10.0. The minimum Gasteiger partial charge on any atom is -0.309 e. The van der Waals surface area contributed by atoms with Crippen LogP contribution in [0.25, 0.3) is 0 Å². The molecule has 2 nitrogen and oxygen atoms in total. The van der Waals surface area contributed by atoms with E-state index in [4.69, 9.17) is 0 Å². The molecule has 0 aliphatic heterocycles. The van der Waals surface area contributed by atoms with Crippen LogP contribution in [0.15, 0.2) is 24.3 Å². The Morgan fingerprint density at radius 2 is 1.84 bits per heavy atom. The summed E-state index contributed by atoms with van der Waals surface area (Å²) in [5.41, 5.74) is 2.85. The first-order valence-corrected chi connectivity index (χ1v) is 7.84. The van der Waals surface area contributed by atoms with Gasteiger partial charge in [-0.15, -0.1) is 0 Å². The standard InChI is InChI=1S/C17H28N2/c1-4-14-7-9-15(10-8-14)17(18-5-2)13-19(6-3)16-11-12-16/h7-10,16-18H,4-6,11-13H2,1-3H3. The van der Waals surface area contributed by atoms with Crippen molar-refractivity contribution in [3.8, 4) is 0 Å². The monoisotopic (exact) mass is 260 g/mol. The maximum absolute atomic E-state index is 3.64. The molecule has 0 saturated heterocycles. The Kier molecular flexibility index (Phi) is 5.41. The molecule has 0 spiro atoms. The zero-order valence-corrected chi connectivity index (χ0v) is 12.7. The molecular formula is C17H28N2. The Balaban J connectivity index is 2.04. The third-order valence-electron chi connectivity index (χ3n) is 4.13. The Labute approximate surface area is 118 Å². The van der Waals surface area contributed by atoms with Gasteiger partial charge in [-0.25, -0.2) is 0 Å². The lowest BCUT2D eigenvalue weighted by Gasteiger charge is -2.27. The van der Waals surface area contributed by atoms with Gasteiger partial charge in [0, 0.05) is 18.6 Å². The Morgan fingerprint density at radius 1 is 1.16 bits per heavy atom. The zero-order valence-electron chi connectivity index (χ0n) is 12.7. The summed E-state index contributed by atoms with van der Waals surface area (Å²) in [4.78, 5) is 2.63. The van der Waals surface area contributed by atoms with E-state index in [9.17, 15) is 0 Å². The molecule has 0 amide bonds. The second-order valence-corrected chi connectivity index (χ2v) is 5.52. The summed E-state index contributed by atoms with van der Waals surface area (Å²) in [5.74, 6) is 0. The van der Waals surface area contributed by atoms with Crippen molar-refractivity contribution in [1.82, 2.24) is 10.2 Å². The molecule has 1 saturated carbocycles. The normalized spacial score (nSPS) is 16.8. The van der Waals surface area contributed by atoms with Crippen molar-refractivity contribution in [3.63, 3.8) is 0 Å². The van der Waals surface area contributed by atoms with E-state index in [0.717, 1.165) is 25.6 Å². The van der Waals surface area contributed by atoms with Gasteiger partial charge in [0.25, 0.3) is 0 Å². The van der Waals surface area contributed by atoms with Gasteiger partial charge in [0.15, 0.2) is 0 Å². The number of nitrogens with zero attached hydrogens (tertiary/aromatic N) is 1. The lowest BCUT2D eigenvalue weighted by molar-refractivity contribution is 0.245. The fourth-order valence-electron chi connectivity index (χ4n) is 2.73. The van der Waals surface area contributed by atoms with E-state index in [-0.39, 0.29) is 0 Å². The van der Waals surface area contributed by atoms with E-state index in [2.05, 4.69) is 55.3 Å². The Bertz CT molecular complexity index is 367. The topological polar surface area (TPSA) is 15.3 Å². The van der Waals surface area contributed by atoms with Crippen LogP contribution in [0.1, 0.15) is 50.8 Å². The first-order chi connectivity index (χ1) is 9.28. The van der Waals surface area contributed by atoms with Crippen LogP contribution in [0.5, 0.6) is 0 Å². The van der Waals surface area contributed by atoms with Crippen molar-refractivity contribution in [2.45, 2.75) is 52.1 Å². The van der Waals surface area contributed by atoms with Crippen molar-refractivity contribution in [3.05, 3.63) is 35.4 Å². The van der Waals surface area contributed by atoms with Crippen LogP contribution >= 0.6 is 0 Å². The molecule has 1 aromatic rings. The number of nitrogens with one attached hydrogen (secondary N) is 1. The molecule has 19 heavy (non-hydrogen) atoms. The van der Waals surface area contributed by atoms with Gasteiger partial charge in [-0.2, -0.15) is 0 Å². The number of benzene rings is 1. The zero-order chi connectivity index (χ0) is 13.7. The molecule has 2 rings (SSSR count). The molecule has 0 bridgehead atoms. The fraction of sp³-hybridized carbons (Fsp3) is 0.647. The molecule has 1 aliphatic rings. The van der Waals surface area contributed by atoms with Crippen LogP contribution in [-0.4, -0.2) is 30.6 Å². The molecule has 1 unspecified atom stereocenters. The van der Waals surface area contributed by atoms with Gasteiger partial charge in [0.1, 0.15) is 0 Å². The van der Waals surface area contributed by atoms with Crippen molar-refractivity contribution in [2.75, 3.05) is 19.6 Å². The van der Waals surface area contributed by atoms with Gasteiger partial charge in [-0.05, 0) is 43.5 Å². The molecule has 0 aromatic heterocycles. The summed E-state index contributed by atoms with van der Waals surface area (Å²) in [7, 11) is 0. The smallest absolute Gasteiger partial charge is 0.0449 e. The second kappa shape index (κ2) is 7.06. The quantitative estimate of drug-likeness (QED) is 0.771. The van der Waals surface area contributed by atoms with Crippen LogP contribution in [0.4, 0.5) is 0 Å². The highest BCUT2D eigenvalue weighted by Crippen LogP contribution is 2.28. The molecule has 0 heterocycles.